The molecular formula is C10H7BrFNO. The number of hydrogen-bond donors (Lipinski definition) is 0. The summed E-state index contributed by atoms with van der Waals surface area (Å²) in [6.07, 6.45) is 3.41. The fourth-order valence-electron chi connectivity index (χ4n) is 1.17. The van der Waals surface area contributed by atoms with Crippen LogP contribution in [-0.4, -0.2) is 4.98 Å². The summed E-state index contributed by atoms with van der Waals surface area (Å²) in [5.41, 5.74) is 0.579. The predicted molar refractivity (Wildman–Crippen MR) is 53.4 cm³/mol. The lowest BCUT2D eigenvalue weighted by Crippen LogP contribution is -1.92. The van der Waals surface area contributed by atoms with E-state index in [2.05, 4.69) is 20.9 Å². The van der Waals surface area contributed by atoms with Gasteiger partial charge in [0.15, 0.2) is 5.89 Å². The zero-order valence-electron chi connectivity index (χ0n) is 7.21. The quantitative estimate of drug-likeness (QED) is 0.824. The zero-order chi connectivity index (χ0) is 9.97. The molecule has 0 bridgehead atoms. The van der Waals surface area contributed by atoms with Crippen LogP contribution in [0.1, 0.15) is 11.5 Å². The Bertz CT molecular complexity index is 428. The third-order valence-electron chi connectivity index (χ3n) is 1.84. The van der Waals surface area contributed by atoms with Crippen LogP contribution in [0, 0.1) is 5.82 Å². The molecule has 0 amide bonds. The molecule has 4 heteroatoms. The monoisotopic (exact) mass is 255 g/mol. The molecule has 2 aromatic rings. The summed E-state index contributed by atoms with van der Waals surface area (Å²) in [6.45, 7) is 0. The summed E-state index contributed by atoms with van der Waals surface area (Å²) in [6, 6.07) is 4.93. The smallest absolute Gasteiger partial charge is 0.198 e. The molecule has 1 aromatic heterocycles. The Labute approximate surface area is 88.9 Å². The molecule has 0 aliphatic rings. The predicted octanol–water partition coefficient (Wildman–Crippen LogP) is 3.17. The van der Waals surface area contributed by atoms with E-state index in [1.54, 1.807) is 18.3 Å². The number of oxazole rings is 1. The van der Waals surface area contributed by atoms with Crippen molar-refractivity contribution < 1.29 is 8.81 Å². The molecule has 0 aliphatic carbocycles. The molecule has 0 aliphatic heterocycles. The highest BCUT2D eigenvalue weighted by Gasteiger charge is 2.06. The van der Waals surface area contributed by atoms with Crippen LogP contribution in [0.2, 0.25) is 0 Å². The third-order valence-corrected chi connectivity index (χ3v) is 2.33. The molecule has 14 heavy (non-hydrogen) atoms. The summed E-state index contributed by atoms with van der Waals surface area (Å²) in [4.78, 5) is 3.93. The van der Waals surface area contributed by atoms with Gasteiger partial charge in [0.1, 0.15) is 12.1 Å². The van der Waals surface area contributed by atoms with E-state index in [9.17, 15) is 4.39 Å². The molecular weight excluding hydrogens is 249 g/mol. The summed E-state index contributed by atoms with van der Waals surface area (Å²) >= 11 is 3.20. The standard InChI is InChI=1S/C10H7BrFNO/c11-8-2-1-7(9(12)6-8)5-10-13-3-4-14-10/h1-4,6H,5H2. The molecule has 0 unspecified atom stereocenters. The van der Waals surface area contributed by atoms with E-state index < -0.39 is 0 Å². The highest BCUT2D eigenvalue weighted by molar-refractivity contribution is 9.10. The molecule has 2 nitrogen and oxygen atoms in total. The van der Waals surface area contributed by atoms with Gasteiger partial charge in [0.05, 0.1) is 12.6 Å². The molecule has 0 fully saturated rings. The SMILES string of the molecule is Fc1cc(Br)ccc1Cc1ncco1. The van der Waals surface area contributed by atoms with Gasteiger partial charge in [0.25, 0.3) is 0 Å². The molecule has 0 saturated heterocycles. The Morgan fingerprint density at radius 1 is 1.43 bits per heavy atom. The van der Waals surface area contributed by atoms with Crippen LogP contribution in [0.3, 0.4) is 0 Å². The van der Waals surface area contributed by atoms with Gasteiger partial charge in [-0.05, 0) is 17.7 Å². The van der Waals surface area contributed by atoms with E-state index in [0.29, 0.717) is 17.9 Å². The van der Waals surface area contributed by atoms with Crippen molar-refractivity contribution in [1.29, 1.82) is 0 Å². The van der Waals surface area contributed by atoms with Gasteiger partial charge in [-0.3, -0.25) is 0 Å². The number of halogens is 2. The first-order valence-electron chi connectivity index (χ1n) is 4.08. The van der Waals surface area contributed by atoms with Crippen molar-refractivity contribution in [3.05, 3.63) is 52.4 Å². The van der Waals surface area contributed by atoms with Crippen molar-refractivity contribution in [1.82, 2.24) is 4.98 Å². The summed E-state index contributed by atoms with van der Waals surface area (Å²) in [5.74, 6) is 0.267. The minimum Gasteiger partial charge on any atom is -0.449 e. The maximum absolute atomic E-state index is 13.3. The Hall–Kier alpha value is -1.16. The van der Waals surface area contributed by atoms with Crippen LogP contribution in [0.25, 0.3) is 0 Å². The first-order chi connectivity index (χ1) is 6.75. The maximum Gasteiger partial charge on any atom is 0.198 e. The van der Waals surface area contributed by atoms with E-state index in [1.807, 2.05) is 0 Å². The van der Waals surface area contributed by atoms with Crippen LogP contribution in [0.5, 0.6) is 0 Å². The van der Waals surface area contributed by atoms with Gasteiger partial charge in [-0.1, -0.05) is 22.0 Å². The lowest BCUT2D eigenvalue weighted by atomic mass is 10.1. The molecule has 0 saturated carbocycles. The third kappa shape index (κ3) is 2.01. The van der Waals surface area contributed by atoms with Gasteiger partial charge in [-0.15, -0.1) is 0 Å². The van der Waals surface area contributed by atoms with E-state index >= 15 is 0 Å². The Kier molecular flexibility index (Phi) is 2.63. The lowest BCUT2D eigenvalue weighted by Gasteiger charge is -2.00. The van der Waals surface area contributed by atoms with Crippen LogP contribution in [0.4, 0.5) is 4.39 Å². The van der Waals surface area contributed by atoms with Crippen molar-refractivity contribution in [2.75, 3.05) is 0 Å². The number of rotatable bonds is 2. The van der Waals surface area contributed by atoms with E-state index in [0.717, 1.165) is 4.47 Å². The summed E-state index contributed by atoms with van der Waals surface area (Å²) < 4.78 is 19.1. The summed E-state index contributed by atoms with van der Waals surface area (Å²) in [5, 5.41) is 0. The normalized spacial score (nSPS) is 10.4. The Morgan fingerprint density at radius 2 is 2.29 bits per heavy atom. The van der Waals surface area contributed by atoms with Crippen molar-refractivity contribution >= 4 is 15.9 Å². The van der Waals surface area contributed by atoms with Gasteiger partial charge in [-0.25, -0.2) is 9.37 Å². The van der Waals surface area contributed by atoms with E-state index in [4.69, 9.17) is 4.42 Å². The van der Waals surface area contributed by atoms with Crippen molar-refractivity contribution in [3.63, 3.8) is 0 Å². The average Bonchev–Trinajstić information content (AvgIpc) is 2.62. The second-order valence-corrected chi connectivity index (χ2v) is 3.75. The molecule has 1 aromatic carbocycles. The summed E-state index contributed by atoms with van der Waals surface area (Å²) in [7, 11) is 0. The van der Waals surface area contributed by atoms with Crippen molar-refractivity contribution in [3.8, 4) is 0 Å². The first-order valence-corrected chi connectivity index (χ1v) is 4.87. The number of aromatic nitrogens is 1. The Morgan fingerprint density at radius 3 is 2.93 bits per heavy atom. The highest BCUT2D eigenvalue weighted by Crippen LogP contribution is 2.17. The van der Waals surface area contributed by atoms with Gasteiger partial charge in [0.2, 0.25) is 0 Å². The molecule has 2 rings (SSSR count). The van der Waals surface area contributed by atoms with E-state index in [1.165, 1.54) is 12.3 Å². The second kappa shape index (κ2) is 3.92. The second-order valence-electron chi connectivity index (χ2n) is 2.84. The molecule has 0 spiro atoms. The Balaban J connectivity index is 2.25. The maximum atomic E-state index is 13.3. The molecule has 0 atom stereocenters. The fourth-order valence-corrected chi connectivity index (χ4v) is 1.50. The van der Waals surface area contributed by atoms with Crippen LogP contribution < -0.4 is 0 Å². The topological polar surface area (TPSA) is 26.0 Å². The fraction of sp³-hybridized carbons (Fsp3) is 0.100. The lowest BCUT2D eigenvalue weighted by molar-refractivity contribution is 0.501. The largest absolute Gasteiger partial charge is 0.449 e. The number of nitrogens with zero attached hydrogens (tertiary/aromatic N) is 1. The number of hydrogen-bond acceptors (Lipinski definition) is 2. The van der Waals surface area contributed by atoms with Gasteiger partial charge >= 0.3 is 0 Å². The molecule has 72 valence electrons. The average molecular weight is 256 g/mol. The number of benzene rings is 1. The first kappa shape index (κ1) is 9.40. The van der Waals surface area contributed by atoms with Crippen molar-refractivity contribution in [2.24, 2.45) is 0 Å². The van der Waals surface area contributed by atoms with Crippen LogP contribution >= 0.6 is 15.9 Å². The minimum absolute atomic E-state index is 0.252. The van der Waals surface area contributed by atoms with Gasteiger partial charge in [0, 0.05) is 4.47 Å². The minimum atomic E-state index is -0.252. The van der Waals surface area contributed by atoms with Crippen LogP contribution in [0.15, 0.2) is 39.5 Å². The highest BCUT2D eigenvalue weighted by atomic mass is 79.9. The molecule has 0 N–H and O–H groups in total. The molecule has 0 radical (unpaired) electrons. The van der Waals surface area contributed by atoms with Gasteiger partial charge in [-0.2, -0.15) is 0 Å². The zero-order valence-corrected chi connectivity index (χ0v) is 8.79. The van der Waals surface area contributed by atoms with Crippen molar-refractivity contribution in [2.45, 2.75) is 6.42 Å². The van der Waals surface area contributed by atoms with E-state index in [-0.39, 0.29) is 5.82 Å². The van der Waals surface area contributed by atoms with Crippen LogP contribution in [-0.2, 0) is 6.42 Å². The molecule has 1 heterocycles. The van der Waals surface area contributed by atoms with Gasteiger partial charge < -0.3 is 4.42 Å².